The van der Waals surface area contributed by atoms with Gasteiger partial charge in [0.25, 0.3) is 5.88 Å². The first kappa shape index (κ1) is 9.85. The number of nitrogens with zero attached hydrogens (tertiary/aromatic N) is 4. The topological polar surface area (TPSA) is 78.3 Å². The van der Waals surface area contributed by atoms with Crippen LogP contribution in [-0.2, 0) is 0 Å². The van der Waals surface area contributed by atoms with Gasteiger partial charge >= 0.3 is 0 Å². The maximum atomic E-state index is 5.46. The number of rotatable bonds is 4. The lowest BCUT2D eigenvalue weighted by atomic mass is 10.5. The second-order valence-corrected chi connectivity index (χ2v) is 3.16. The van der Waals surface area contributed by atoms with Crippen LogP contribution in [0.2, 0.25) is 0 Å². The molecule has 80 valence electrons. The van der Waals surface area contributed by atoms with Crippen molar-refractivity contribution in [1.82, 2.24) is 19.6 Å². The summed E-state index contributed by atoms with van der Waals surface area (Å²) in [7, 11) is 0. The Kier molecular flexibility index (Phi) is 2.77. The third kappa shape index (κ3) is 1.89. The highest BCUT2D eigenvalue weighted by atomic mass is 16.5. The van der Waals surface area contributed by atoms with Crippen LogP contribution < -0.4 is 10.5 Å². The van der Waals surface area contributed by atoms with Crippen LogP contribution in [0.1, 0.15) is 12.2 Å². The Labute approximate surface area is 87.1 Å². The van der Waals surface area contributed by atoms with Gasteiger partial charge in [-0.05, 0) is 19.9 Å². The smallest absolute Gasteiger partial charge is 0.260 e. The van der Waals surface area contributed by atoms with Crippen molar-refractivity contribution in [3.63, 3.8) is 0 Å². The first-order valence-electron chi connectivity index (χ1n) is 4.82. The first-order chi connectivity index (χ1) is 7.33. The number of hydrogen-bond donors (Lipinski definition) is 1. The van der Waals surface area contributed by atoms with Crippen molar-refractivity contribution in [1.29, 1.82) is 0 Å². The molecule has 0 unspecified atom stereocenters. The normalized spacial score (nSPS) is 10.8. The third-order valence-electron chi connectivity index (χ3n) is 2.05. The fourth-order valence-electron chi connectivity index (χ4n) is 1.27. The summed E-state index contributed by atoms with van der Waals surface area (Å²) in [5.41, 5.74) is 6.02. The van der Waals surface area contributed by atoms with Gasteiger partial charge in [-0.25, -0.2) is 4.98 Å². The Bertz CT molecular complexity index is 453. The molecule has 0 spiro atoms. The minimum atomic E-state index is 0.506. The van der Waals surface area contributed by atoms with Crippen LogP contribution in [-0.4, -0.2) is 32.7 Å². The first-order valence-corrected chi connectivity index (χ1v) is 4.82. The summed E-state index contributed by atoms with van der Waals surface area (Å²) in [4.78, 5) is 4.11. The molecule has 0 bridgehead atoms. The average Bonchev–Trinajstić information content (AvgIpc) is 2.62. The van der Waals surface area contributed by atoms with E-state index in [0.717, 1.165) is 12.2 Å². The molecule has 0 saturated carbocycles. The van der Waals surface area contributed by atoms with Crippen molar-refractivity contribution in [3.05, 3.63) is 18.2 Å². The van der Waals surface area contributed by atoms with Crippen LogP contribution >= 0.6 is 0 Å². The fraction of sp³-hybridized carbons (Fsp3) is 0.444. The number of fused-ring (bicyclic) bond motifs is 1. The molecule has 0 aliphatic rings. The van der Waals surface area contributed by atoms with Crippen molar-refractivity contribution < 1.29 is 4.74 Å². The second-order valence-electron chi connectivity index (χ2n) is 3.16. The predicted molar refractivity (Wildman–Crippen MR) is 54.7 cm³/mol. The summed E-state index contributed by atoms with van der Waals surface area (Å²) in [6.45, 7) is 3.04. The monoisotopic (exact) mass is 207 g/mol. The molecule has 2 rings (SSSR count). The van der Waals surface area contributed by atoms with E-state index in [-0.39, 0.29) is 0 Å². The molecule has 0 radical (unpaired) electrons. The van der Waals surface area contributed by atoms with Crippen LogP contribution in [0.4, 0.5) is 0 Å². The number of aromatic nitrogens is 4. The molecule has 2 heterocycles. The molecule has 0 atom stereocenters. The minimum absolute atomic E-state index is 0.506. The molecule has 0 aliphatic heterocycles. The van der Waals surface area contributed by atoms with E-state index in [0.29, 0.717) is 24.7 Å². The maximum absolute atomic E-state index is 5.46. The molecule has 15 heavy (non-hydrogen) atoms. The van der Waals surface area contributed by atoms with Crippen LogP contribution in [0.25, 0.3) is 5.65 Å². The van der Waals surface area contributed by atoms with Gasteiger partial charge in [-0.3, -0.25) is 4.40 Å². The summed E-state index contributed by atoms with van der Waals surface area (Å²) in [5, 5.41) is 7.94. The molecule has 0 aliphatic carbocycles. The number of hydrogen-bond acceptors (Lipinski definition) is 5. The summed E-state index contributed by atoms with van der Waals surface area (Å²) >= 11 is 0. The summed E-state index contributed by atoms with van der Waals surface area (Å²) in [6, 6.07) is 0. The number of ether oxygens (including phenoxy) is 1. The standard InChI is InChI=1S/C9H13N5O/c1-7-12-13-8-9(15-6-2-3-10)11-4-5-14(7)8/h4-5H,2-3,6,10H2,1H3. The predicted octanol–water partition coefficient (Wildman–Crippen LogP) is 0.160. The van der Waals surface area contributed by atoms with Crippen LogP contribution in [0, 0.1) is 6.92 Å². The van der Waals surface area contributed by atoms with Gasteiger partial charge in [0.1, 0.15) is 5.82 Å². The molecule has 6 heteroatoms. The molecule has 0 amide bonds. The minimum Gasteiger partial charge on any atom is -0.475 e. The highest BCUT2D eigenvalue weighted by Gasteiger charge is 2.07. The lowest BCUT2D eigenvalue weighted by Crippen LogP contribution is -2.07. The van der Waals surface area contributed by atoms with Crippen molar-refractivity contribution in [2.45, 2.75) is 13.3 Å². The molecule has 0 aromatic carbocycles. The lowest BCUT2D eigenvalue weighted by molar-refractivity contribution is 0.303. The number of aryl methyl sites for hydroxylation is 1. The summed E-state index contributed by atoms with van der Waals surface area (Å²) in [5.74, 6) is 1.32. The Morgan fingerprint density at radius 2 is 2.33 bits per heavy atom. The van der Waals surface area contributed by atoms with E-state index in [1.807, 2.05) is 11.3 Å². The molecular formula is C9H13N5O. The molecule has 2 N–H and O–H groups in total. The van der Waals surface area contributed by atoms with E-state index in [1.54, 1.807) is 12.4 Å². The van der Waals surface area contributed by atoms with Gasteiger partial charge in [-0.1, -0.05) is 0 Å². The second kappa shape index (κ2) is 4.22. The SMILES string of the molecule is Cc1nnc2c(OCCCN)nccn12. The van der Waals surface area contributed by atoms with Crippen molar-refractivity contribution in [2.75, 3.05) is 13.2 Å². The molecule has 6 nitrogen and oxygen atoms in total. The van der Waals surface area contributed by atoms with E-state index in [1.165, 1.54) is 0 Å². The highest BCUT2D eigenvalue weighted by Crippen LogP contribution is 2.14. The van der Waals surface area contributed by atoms with E-state index >= 15 is 0 Å². The van der Waals surface area contributed by atoms with Gasteiger partial charge in [0, 0.05) is 12.4 Å². The Morgan fingerprint density at radius 3 is 3.13 bits per heavy atom. The maximum Gasteiger partial charge on any atom is 0.260 e. The Morgan fingerprint density at radius 1 is 1.47 bits per heavy atom. The van der Waals surface area contributed by atoms with Crippen molar-refractivity contribution in [3.8, 4) is 5.88 Å². The van der Waals surface area contributed by atoms with Gasteiger partial charge in [0.2, 0.25) is 5.65 Å². The van der Waals surface area contributed by atoms with Crippen LogP contribution in [0.15, 0.2) is 12.4 Å². The number of nitrogens with two attached hydrogens (primary N) is 1. The summed E-state index contributed by atoms with van der Waals surface area (Å²) in [6.07, 6.45) is 4.28. The third-order valence-corrected chi connectivity index (χ3v) is 2.05. The van der Waals surface area contributed by atoms with Crippen LogP contribution in [0.5, 0.6) is 5.88 Å². The summed E-state index contributed by atoms with van der Waals surface area (Å²) < 4.78 is 7.30. The van der Waals surface area contributed by atoms with E-state index in [2.05, 4.69) is 15.2 Å². The van der Waals surface area contributed by atoms with E-state index in [4.69, 9.17) is 10.5 Å². The molecule has 2 aromatic heterocycles. The average molecular weight is 207 g/mol. The van der Waals surface area contributed by atoms with Gasteiger partial charge in [0.05, 0.1) is 6.61 Å². The molecule has 0 fully saturated rings. The van der Waals surface area contributed by atoms with Gasteiger partial charge in [-0.2, -0.15) is 0 Å². The van der Waals surface area contributed by atoms with Gasteiger partial charge < -0.3 is 10.5 Å². The molecular weight excluding hydrogens is 194 g/mol. The zero-order chi connectivity index (χ0) is 10.7. The highest BCUT2D eigenvalue weighted by molar-refractivity contribution is 5.48. The zero-order valence-electron chi connectivity index (χ0n) is 8.55. The lowest BCUT2D eigenvalue weighted by Gasteiger charge is -2.04. The van der Waals surface area contributed by atoms with Gasteiger partial charge in [-0.15, -0.1) is 10.2 Å². The Hall–Kier alpha value is -1.69. The van der Waals surface area contributed by atoms with E-state index < -0.39 is 0 Å². The quantitative estimate of drug-likeness (QED) is 0.722. The molecule has 2 aromatic rings. The fourth-order valence-corrected chi connectivity index (χ4v) is 1.27. The van der Waals surface area contributed by atoms with E-state index in [9.17, 15) is 0 Å². The van der Waals surface area contributed by atoms with Crippen LogP contribution in [0.3, 0.4) is 0 Å². The van der Waals surface area contributed by atoms with Crippen molar-refractivity contribution >= 4 is 5.65 Å². The zero-order valence-corrected chi connectivity index (χ0v) is 8.55. The Balaban J connectivity index is 2.26. The largest absolute Gasteiger partial charge is 0.475 e. The van der Waals surface area contributed by atoms with Gasteiger partial charge in [0.15, 0.2) is 0 Å². The van der Waals surface area contributed by atoms with Crippen molar-refractivity contribution in [2.24, 2.45) is 5.73 Å². The molecule has 0 saturated heterocycles.